The van der Waals surface area contributed by atoms with Crippen LogP contribution in [-0.4, -0.2) is 12.6 Å². The van der Waals surface area contributed by atoms with Crippen molar-refractivity contribution in [2.24, 2.45) is 0 Å². The molecule has 0 amide bonds. The molecule has 1 aliphatic carbocycles. The van der Waals surface area contributed by atoms with Crippen LogP contribution in [-0.2, 0) is 0 Å². The number of nitrogens with zero attached hydrogens (tertiary/aromatic N) is 2. The van der Waals surface area contributed by atoms with Crippen LogP contribution in [0.25, 0.3) is 0 Å². The Labute approximate surface area is 122 Å². The molecule has 1 aliphatic rings. The molecule has 1 saturated carbocycles. The van der Waals surface area contributed by atoms with E-state index in [4.69, 9.17) is 5.26 Å². The largest absolute Gasteiger partial charge is 0.367 e. The van der Waals surface area contributed by atoms with E-state index in [-0.39, 0.29) is 5.82 Å². The summed E-state index contributed by atoms with van der Waals surface area (Å²) in [6.07, 6.45) is 6.51. The predicted octanol–water partition coefficient (Wildman–Crippen LogP) is 4.64. The SMILES string of the molecule is N#CCCN(c1ccc(Br)c(F)c1)C1CCCCC1. The Morgan fingerprint density at radius 2 is 2.05 bits per heavy atom. The summed E-state index contributed by atoms with van der Waals surface area (Å²) in [5, 5.41) is 8.80. The van der Waals surface area contributed by atoms with E-state index >= 15 is 0 Å². The van der Waals surface area contributed by atoms with Gasteiger partial charge in [0.25, 0.3) is 0 Å². The standard InChI is InChI=1S/C15H18BrFN2/c16-14-8-7-13(11-15(14)17)19(10-4-9-18)12-5-2-1-3-6-12/h7-8,11-12H,1-6,10H2. The van der Waals surface area contributed by atoms with Gasteiger partial charge in [0.1, 0.15) is 5.82 Å². The number of hydrogen-bond donors (Lipinski definition) is 0. The number of benzene rings is 1. The van der Waals surface area contributed by atoms with Gasteiger partial charge in [0, 0.05) is 18.3 Å². The quantitative estimate of drug-likeness (QED) is 0.806. The molecule has 0 bridgehead atoms. The van der Waals surface area contributed by atoms with E-state index in [1.807, 2.05) is 6.07 Å². The first-order valence-electron chi connectivity index (χ1n) is 6.81. The molecule has 19 heavy (non-hydrogen) atoms. The summed E-state index contributed by atoms with van der Waals surface area (Å²) in [6.45, 7) is 0.683. The molecule has 2 rings (SSSR count). The Hall–Kier alpha value is -1.08. The second-order valence-corrected chi connectivity index (χ2v) is 5.85. The molecule has 2 nitrogen and oxygen atoms in total. The summed E-state index contributed by atoms with van der Waals surface area (Å²) < 4.78 is 14.2. The molecular formula is C15H18BrFN2. The number of hydrogen-bond acceptors (Lipinski definition) is 2. The van der Waals surface area contributed by atoms with Crippen molar-refractivity contribution >= 4 is 21.6 Å². The van der Waals surface area contributed by atoms with Crippen molar-refractivity contribution in [1.29, 1.82) is 5.26 Å². The lowest BCUT2D eigenvalue weighted by Crippen LogP contribution is -2.37. The van der Waals surface area contributed by atoms with Crippen LogP contribution in [0, 0.1) is 17.1 Å². The molecular weight excluding hydrogens is 307 g/mol. The summed E-state index contributed by atoms with van der Waals surface area (Å²) in [5.41, 5.74) is 0.892. The zero-order valence-corrected chi connectivity index (χ0v) is 12.5. The van der Waals surface area contributed by atoms with Gasteiger partial charge in [0.05, 0.1) is 17.0 Å². The van der Waals surface area contributed by atoms with Crippen molar-refractivity contribution in [1.82, 2.24) is 0 Å². The minimum atomic E-state index is -0.240. The smallest absolute Gasteiger partial charge is 0.139 e. The van der Waals surface area contributed by atoms with Crippen LogP contribution < -0.4 is 4.90 Å². The third kappa shape index (κ3) is 3.70. The fourth-order valence-electron chi connectivity index (χ4n) is 2.75. The molecule has 1 aromatic carbocycles. The first kappa shape index (κ1) is 14.3. The number of anilines is 1. The first-order valence-corrected chi connectivity index (χ1v) is 7.60. The Morgan fingerprint density at radius 1 is 1.32 bits per heavy atom. The van der Waals surface area contributed by atoms with Gasteiger partial charge >= 0.3 is 0 Å². The Bertz CT molecular complexity index is 464. The summed E-state index contributed by atoms with van der Waals surface area (Å²) in [6, 6.07) is 7.87. The van der Waals surface area contributed by atoms with Crippen molar-refractivity contribution in [2.45, 2.75) is 44.6 Å². The molecule has 0 N–H and O–H groups in total. The Morgan fingerprint density at radius 3 is 2.68 bits per heavy atom. The lowest BCUT2D eigenvalue weighted by atomic mass is 9.93. The topological polar surface area (TPSA) is 27.0 Å². The van der Waals surface area contributed by atoms with Crippen molar-refractivity contribution < 1.29 is 4.39 Å². The molecule has 4 heteroatoms. The van der Waals surface area contributed by atoms with Crippen LogP contribution in [0.2, 0.25) is 0 Å². The van der Waals surface area contributed by atoms with Crippen molar-refractivity contribution in [3.8, 4) is 6.07 Å². The molecule has 0 aromatic heterocycles. The molecule has 0 spiro atoms. The van der Waals surface area contributed by atoms with Crippen LogP contribution in [0.5, 0.6) is 0 Å². The highest BCUT2D eigenvalue weighted by Gasteiger charge is 2.21. The zero-order valence-electron chi connectivity index (χ0n) is 10.9. The van der Waals surface area contributed by atoms with Crippen LogP contribution >= 0.6 is 15.9 Å². The van der Waals surface area contributed by atoms with Gasteiger partial charge in [-0.25, -0.2) is 4.39 Å². The second-order valence-electron chi connectivity index (χ2n) is 4.99. The molecule has 102 valence electrons. The van der Waals surface area contributed by atoms with Crippen LogP contribution in [0.4, 0.5) is 10.1 Å². The van der Waals surface area contributed by atoms with Crippen molar-refractivity contribution in [3.05, 3.63) is 28.5 Å². The molecule has 0 unspecified atom stereocenters. The fraction of sp³-hybridized carbons (Fsp3) is 0.533. The molecule has 1 fully saturated rings. The summed E-state index contributed by atoms with van der Waals surface area (Å²) in [4.78, 5) is 2.21. The van der Waals surface area contributed by atoms with E-state index in [1.165, 1.54) is 19.3 Å². The number of nitriles is 1. The third-order valence-corrected chi connectivity index (χ3v) is 4.36. The second kappa shape index (κ2) is 6.91. The zero-order chi connectivity index (χ0) is 13.7. The average Bonchev–Trinajstić information content (AvgIpc) is 2.44. The first-order chi connectivity index (χ1) is 9.22. The van der Waals surface area contributed by atoms with Gasteiger partial charge in [-0.1, -0.05) is 19.3 Å². The highest BCUT2D eigenvalue weighted by atomic mass is 79.9. The molecule has 0 atom stereocenters. The van der Waals surface area contributed by atoms with Gasteiger partial charge in [-0.3, -0.25) is 0 Å². The Balaban J connectivity index is 2.20. The lowest BCUT2D eigenvalue weighted by Gasteiger charge is -2.35. The van der Waals surface area contributed by atoms with Crippen LogP contribution in [0.1, 0.15) is 38.5 Å². The van der Waals surface area contributed by atoms with Gasteiger partial charge in [0.2, 0.25) is 0 Å². The van der Waals surface area contributed by atoms with Crippen LogP contribution in [0.3, 0.4) is 0 Å². The molecule has 0 radical (unpaired) electrons. The normalized spacial score (nSPS) is 16.1. The summed E-state index contributed by atoms with van der Waals surface area (Å²) in [7, 11) is 0. The van der Waals surface area contributed by atoms with E-state index in [9.17, 15) is 4.39 Å². The average molecular weight is 325 g/mol. The van der Waals surface area contributed by atoms with Gasteiger partial charge in [-0.05, 0) is 47.0 Å². The Kier molecular flexibility index (Phi) is 5.21. The van der Waals surface area contributed by atoms with E-state index in [0.717, 1.165) is 18.5 Å². The highest BCUT2D eigenvalue weighted by Crippen LogP contribution is 2.29. The molecule has 0 heterocycles. The third-order valence-electron chi connectivity index (χ3n) is 3.71. The number of rotatable bonds is 4. The van der Waals surface area contributed by atoms with E-state index in [1.54, 1.807) is 12.1 Å². The minimum absolute atomic E-state index is 0.240. The van der Waals surface area contributed by atoms with Gasteiger partial charge in [0.15, 0.2) is 0 Å². The summed E-state index contributed by atoms with van der Waals surface area (Å²) in [5.74, 6) is -0.240. The van der Waals surface area contributed by atoms with Crippen molar-refractivity contribution in [2.75, 3.05) is 11.4 Å². The highest BCUT2D eigenvalue weighted by molar-refractivity contribution is 9.10. The summed E-state index contributed by atoms with van der Waals surface area (Å²) >= 11 is 3.18. The van der Waals surface area contributed by atoms with Gasteiger partial charge in [-0.2, -0.15) is 5.26 Å². The number of halogens is 2. The fourth-order valence-corrected chi connectivity index (χ4v) is 3.00. The minimum Gasteiger partial charge on any atom is -0.367 e. The van der Waals surface area contributed by atoms with Crippen molar-refractivity contribution in [3.63, 3.8) is 0 Å². The van der Waals surface area contributed by atoms with E-state index in [2.05, 4.69) is 26.9 Å². The van der Waals surface area contributed by atoms with E-state index in [0.29, 0.717) is 23.5 Å². The molecule has 1 aromatic rings. The molecule has 0 aliphatic heterocycles. The maximum Gasteiger partial charge on any atom is 0.139 e. The molecule has 0 saturated heterocycles. The van der Waals surface area contributed by atoms with Gasteiger partial charge < -0.3 is 4.90 Å². The predicted molar refractivity (Wildman–Crippen MR) is 78.5 cm³/mol. The lowest BCUT2D eigenvalue weighted by molar-refractivity contribution is 0.415. The van der Waals surface area contributed by atoms with Gasteiger partial charge in [-0.15, -0.1) is 0 Å². The van der Waals surface area contributed by atoms with E-state index < -0.39 is 0 Å². The monoisotopic (exact) mass is 324 g/mol. The van der Waals surface area contributed by atoms with Crippen LogP contribution in [0.15, 0.2) is 22.7 Å². The maximum absolute atomic E-state index is 13.7. The maximum atomic E-state index is 13.7.